The first-order valence-corrected chi connectivity index (χ1v) is 6.57. The average molecular weight is 254 g/mol. The molecule has 0 aromatic heterocycles. The van der Waals surface area contributed by atoms with Gasteiger partial charge in [-0.1, -0.05) is 6.07 Å². The highest BCUT2D eigenvalue weighted by Gasteiger charge is 2.27. The Morgan fingerprint density at radius 1 is 1.47 bits per heavy atom. The summed E-state index contributed by atoms with van der Waals surface area (Å²) in [7, 11) is 1.63. The second-order valence-corrected chi connectivity index (χ2v) is 5.40. The fourth-order valence-corrected chi connectivity index (χ4v) is 2.12. The number of methoxy groups -OCH3 is 1. The lowest BCUT2D eigenvalue weighted by molar-refractivity contribution is -0.146. The molecule has 4 heteroatoms. The molecule has 0 radical (unpaired) electrons. The molecule has 1 rings (SSSR count). The summed E-state index contributed by atoms with van der Waals surface area (Å²) >= 11 is 1.61. The summed E-state index contributed by atoms with van der Waals surface area (Å²) in [4.78, 5) is 12.1. The van der Waals surface area contributed by atoms with Crippen molar-refractivity contribution in [3.05, 3.63) is 23.8 Å². The van der Waals surface area contributed by atoms with Crippen molar-refractivity contribution >= 4 is 17.7 Å². The van der Waals surface area contributed by atoms with Crippen LogP contribution in [0, 0.1) is 5.41 Å². The van der Waals surface area contributed by atoms with Crippen LogP contribution in [0.1, 0.15) is 19.4 Å². The van der Waals surface area contributed by atoms with E-state index in [1.54, 1.807) is 32.7 Å². The minimum absolute atomic E-state index is 0.493. The highest BCUT2D eigenvalue weighted by atomic mass is 32.2. The number of carboxylic acid groups (broad SMARTS) is 1. The Morgan fingerprint density at radius 2 is 2.12 bits per heavy atom. The third-order valence-electron chi connectivity index (χ3n) is 2.67. The van der Waals surface area contributed by atoms with Gasteiger partial charge in [0.05, 0.1) is 12.5 Å². The van der Waals surface area contributed by atoms with E-state index < -0.39 is 11.4 Å². The Hall–Kier alpha value is -1.16. The predicted octanol–water partition coefficient (Wildman–Crippen LogP) is 3.07. The van der Waals surface area contributed by atoms with Gasteiger partial charge in [0.1, 0.15) is 5.75 Å². The van der Waals surface area contributed by atoms with Gasteiger partial charge in [-0.15, -0.1) is 11.8 Å². The third kappa shape index (κ3) is 3.40. The normalized spacial score (nSPS) is 11.3. The van der Waals surface area contributed by atoms with Crippen molar-refractivity contribution < 1.29 is 14.6 Å². The van der Waals surface area contributed by atoms with Crippen LogP contribution in [0.15, 0.2) is 23.1 Å². The molecule has 0 fully saturated rings. The topological polar surface area (TPSA) is 46.5 Å². The average Bonchev–Trinajstić information content (AvgIpc) is 2.28. The number of ether oxygens (including phenoxy) is 1. The Labute approximate surface area is 106 Å². The van der Waals surface area contributed by atoms with Gasteiger partial charge in [0.25, 0.3) is 0 Å². The quantitative estimate of drug-likeness (QED) is 0.820. The molecule has 0 heterocycles. The SMILES string of the molecule is COc1cc(CC(C)(C)C(=O)O)ccc1SC. The molecule has 0 unspecified atom stereocenters. The van der Waals surface area contributed by atoms with Gasteiger partial charge in [-0.05, 0) is 44.2 Å². The summed E-state index contributed by atoms with van der Waals surface area (Å²) in [5, 5.41) is 9.09. The molecular formula is C13H18O3S. The third-order valence-corrected chi connectivity index (χ3v) is 3.45. The lowest BCUT2D eigenvalue weighted by Gasteiger charge is -2.19. The number of benzene rings is 1. The highest BCUT2D eigenvalue weighted by molar-refractivity contribution is 7.98. The van der Waals surface area contributed by atoms with Crippen LogP contribution in [0.5, 0.6) is 5.75 Å². The lowest BCUT2D eigenvalue weighted by atomic mass is 9.86. The zero-order valence-corrected chi connectivity index (χ0v) is 11.4. The van der Waals surface area contributed by atoms with E-state index in [1.807, 2.05) is 24.5 Å². The molecule has 1 N–H and O–H groups in total. The Bertz CT molecular complexity index is 413. The van der Waals surface area contributed by atoms with Crippen LogP contribution in [-0.4, -0.2) is 24.4 Å². The summed E-state index contributed by atoms with van der Waals surface area (Å²) in [5.41, 5.74) is 0.221. The molecule has 1 aromatic rings. The molecule has 0 amide bonds. The largest absolute Gasteiger partial charge is 0.496 e. The van der Waals surface area contributed by atoms with Crippen LogP contribution in [0.4, 0.5) is 0 Å². The number of carbonyl (C=O) groups is 1. The predicted molar refractivity (Wildman–Crippen MR) is 69.9 cm³/mol. The van der Waals surface area contributed by atoms with Crippen LogP contribution in [0.25, 0.3) is 0 Å². The van der Waals surface area contributed by atoms with E-state index >= 15 is 0 Å². The Kier molecular flexibility index (Phi) is 4.46. The van der Waals surface area contributed by atoms with Gasteiger partial charge in [-0.3, -0.25) is 4.79 Å². The second-order valence-electron chi connectivity index (χ2n) is 4.56. The molecule has 94 valence electrons. The number of thioether (sulfide) groups is 1. The Balaban J connectivity index is 2.97. The summed E-state index contributed by atoms with van der Waals surface area (Å²) in [5.74, 6) is 0.0154. The lowest BCUT2D eigenvalue weighted by Crippen LogP contribution is -2.26. The highest BCUT2D eigenvalue weighted by Crippen LogP contribution is 2.31. The van der Waals surface area contributed by atoms with Crippen LogP contribution in [0.2, 0.25) is 0 Å². The fraction of sp³-hybridized carbons (Fsp3) is 0.462. The molecule has 0 saturated carbocycles. The van der Waals surface area contributed by atoms with Gasteiger partial charge in [0.15, 0.2) is 0 Å². The van der Waals surface area contributed by atoms with E-state index in [4.69, 9.17) is 9.84 Å². The monoisotopic (exact) mass is 254 g/mol. The van der Waals surface area contributed by atoms with Crippen molar-refractivity contribution in [2.24, 2.45) is 5.41 Å². The summed E-state index contributed by atoms with van der Waals surface area (Å²) in [6, 6.07) is 5.84. The van der Waals surface area contributed by atoms with E-state index in [0.717, 1.165) is 16.2 Å². The first-order valence-electron chi connectivity index (χ1n) is 5.35. The molecule has 17 heavy (non-hydrogen) atoms. The minimum atomic E-state index is -0.787. The summed E-state index contributed by atoms with van der Waals surface area (Å²) in [6.45, 7) is 3.45. The molecule has 0 aliphatic heterocycles. The standard InChI is InChI=1S/C13H18O3S/c1-13(2,12(14)15)8-9-5-6-11(17-4)10(7-9)16-3/h5-7H,8H2,1-4H3,(H,14,15). The number of aliphatic carboxylic acids is 1. The van der Waals surface area contributed by atoms with E-state index in [0.29, 0.717) is 6.42 Å². The number of hydrogen-bond acceptors (Lipinski definition) is 3. The van der Waals surface area contributed by atoms with Gasteiger partial charge in [-0.25, -0.2) is 0 Å². The molecule has 0 atom stereocenters. The molecule has 0 bridgehead atoms. The molecule has 0 aliphatic carbocycles. The maximum absolute atomic E-state index is 11.1. The molecule has 3 nitrogen and oxygen atoms in total. The van der Waals surface area contributed by atoms with Crippen molar-refractivity contribution in [2.45, 2.75) is 25.2 Å². The first kappa shape index (κ1) is 13.9. The zero-order valence-electron chi connectivity index (χ0n) is 10.6. The molecule has 1 aromatic carbocycles. The van der Waals surface area contributed by atoms with Crippen molar-refractivity contribution in [3.63, 3.8) is 0 Å². The van der Waals surface area contributed by atoms with Gasteiger partial charge in [0.2, 0.25) is 0 Å². The van der Waals surface area contributed by atoms with E-state index in [-0.39, 0.29) is 0 Å². The molecule has 0 aliphatic rings. The Morgan fingerprint density at radius 3 is 2.59 bits per heavy atom. The van der Waals surface area contributed by atoms with E-state index in [9.17, 15) is 4.79 Å². The number of rotatable bonds is 5. The molecule has 0 saturated heterocycles. The van der Waals surface area contributed by atoms with Crippen LogP contribution >= 0.6 is 11.8 Å². The molecule has 0 spiro atoms. The molecular weight excluding hydrogens is 236 g/mol. The fourth-order valence-electron chi connectivity index (χ4n) is 1.58. The van der Waals surface area contributed by atoms with Crippen molar-refractivity contribution in [3.8, 4) is 5.75 Å². The maximum Gasteiger partial charge on any atom is 0.309 e. The van der Waals surface area contributed by atoms with Crippen molar-refractivity contribution in [1.29, 1.82) is 0 Å². The zero-order chi connectivity index (χ0) is 13.1. The first-order chi connectivity index (χ1) is 7.90. The van der Waals surface area contributed by atoms with Gasteiger partial charge in [0, 0.05) is 4.90 Å². The van der Waals surface area contributed by atoms with E-state index in [2.05, 4.69) is 0 Å². The van der Waals surface area contributed by atoms with Crippen LogP contribution in [-0.2, 0) is 11.2 Å². The second kappa shape index (κ2) is 5.45. The summed E-state index contributed by atoms with van der Waals surface area (Å²) < 4.78 is 5.28. The number of carboxylic acids is 1. The van der Waals surface area contributed by atoms with Crippen molar-refractivity contribution in [1.82, 2.24) is 0 Å². The maximum atomic E-state index is 11.1. The van der Waals surface area contributed by atoms with Gasteiger partial charge in [-0.2, -0.15) is 0 Å². The van der Waals surface area contributed by atoms with Crippen molar-refractivity contribution in [2.75, 3.05) is 13.4 Å². The number of hydrogen-bond donors (Lipinski definition) is 1. The van der Waals surface area contributed by atoms with Crippen LogP contribution in [0.3, 0.4) is 0 Å². The minimum Gasteiger partial charge on any atom is -0.496 e. The van der Waals surface area contributed by atoms with E-state index in [1.165, 1.54) is 0 Å². The smallest absolute Gasteiger partial charge is 0.309 e. The van der Waals surface area contributed by atoms with Gasteiger partial charge >= 0.3 is 5.97 Å². The van der Waals surface area contributed by atoms with Gasteiger partial charge < -0.3 is 9.84 Å². The van der Waals surface area contributed by atoms with Crippen LogP contribution < -0.4 is 4.74 Å². The summed E-state index contributed by atoms with van der Waals surface area (Å²) in [6.07, 6.45) is 2.48.